The minimum atomic E-state index is -0.687. The summed E-state index contributed by atoms with van der Waals surface area (Å²) >= 11 is 0. The molecule has 0 bridgehead atoms. The van der Waals surface area contributed by atoms with Gasteiger partial charge in [-0.05, 0) is 0 Å². The van der Waals surface area contributed by atoms with E-state index in [1.165, 1.54) is 12.5 Å². The predicted octanol–water partition coefficient (Wildman–Crippen LogP) is -1.84. The van der Waals surface area contributed by atoms with E-state index in [2.05, 4.69) is 15.4 Å². The third-order valence-corrected chi connectivity index (χ3v) is 1.20. The molecule has 0 aliphatic carbocycles. The summed E-state index contributed by atoms with van der Waals surface area (Å²) in [6.07, 6.45) is 2.64. The van der Waals surface area contributed by atoms with E-state index in [0.29, 0.717) is 0 Å². The fourth-order valence-corrected chi connectivity index (χ4v) is 0.613. The van der Waals surface area contributed by atoms with Crippen LogP contribution >= 0.6 is 0 Å². The number of H-pyrrole nitrogens is 1. The van der Waals surface area contributed by atoms with E-state index in [9.17, 15) is 9.59 Å². The molecule has 1 rings (SSSR count). The van der Waals surface area contributed by atoms with Crippen LogP contribution in [0.1, 0.15) is 10.5 Å². The van der Waals surface area contributed by atoms with Crippen LogP contribution in [0.15, 0.2) is 12.5 Å². The molecule has 4 N–H and O–H groups in total. The summed E-state index contributed by atoms with van der Waals surface area (Å²) in [5.41, 5.74) is 4.27. The van der Waals surface area contributed by atoms with Crippen LogP contribution in [0.2, 0.25) is 0 Å². The number of imidazole rings is 1. The van der Waals surface area contributed by atoms with Gasteiger partial charge >= 0.3 is 0 Å². The quantitative estimate of drug-likeness (QED) is 0.405. The molecule has 0 fully saturated rings. The highest BCUT2D eigenvalue weighted by Gasteiger charge is 2.06. The lowest BCUT2D eigenvalue weighted by atomic mass is 10.5. The molecule has 1 heterocycles. The summed E-state index contributed by atoms with van der Waals surface area (Å²) in [7, 11) is 0. The molecule has 0 unspecified atom stereocenters. The summed E-state index contributed by atoms with van der Waals surface area (Å²) in [6.45, 7) is -0.677. The van der Waals surface area contributed by atoms with Gasteiger partial charge in [0.25, 0.3) is 11.8 Å². The van der Waals surface area contributed by atoms with E-state index < -0.39 is 18.4 Å². The monoisotopic (exact) mass is 184 g/mol. The third-order valence-electron chi connectivity index (χ3n) is 1.20. The van der Waals surface area contributed by atoms with Gasteiger partial charge in [0.05, 0.1) is 12.5 Å². The lowest BCUT2D eigenvalue weighted by molar-refractivity contribution is -0.124. The van der Waals surface area contributed by atoms with E-state index in [1.807, 2.05) is 5.43 Å². The van der Waals surface area contributed by atoms with Crippen LogP contribution in [0.5, 0.6) is 0 Å². The van der Waals surface area contributed by atoms with Gasteiger partial charge in [0.1, 0.15) is 12.3 Å². The van der Waals surface area contributed by atoms with Crippen LogP contribution in [0.25, 0.3) is 0 Å². The first kappa shape index (κ1) is 9.20. The summed E-state index contributed by atoms with van der Waals surface area (Å²) in [4.78, 5) is 27.7. The first-order chi connectivity index (χ1) is 6.24. The smallest absolute Gasteiger partial charge is 0.287 e. The zero-order valence-electron chi connectivity index (χ0n) is 6.57. The molecule has 13 heavy (non-hydrogen) atoms. The highest BCUT2D eigenvalue weighted by molar-refractivity contribution is 5.93. The minimum Gasteiger partial charge on any atom is -0.386 e. The van der Waals surface area contributed by atoms with Gasteiger partial charge in [-0.15, -0.1) is 0 Å². The lowest BCUT2D eigenvalue weighted by Crippen LogP contribution is -2.43. The number of aliphatic hydroxyl groups excluding tert-OH is 1. The second-order valence-electron chi connectivity index (χ2n) is 2.13. The molecule has 1 aromatic heterocycles. The predicted molar refractivity (Wildman–Crippen MR) is 41.3 cm³/mol. The average molecular weight is 184 g/mol. The van der Waals surface area contributed by atoms with Crippen molar-refractivity contribution >= 4 is 11.8 Å². The number of aromatic amines is 1. The highest BCUT2D eigenvalue weighted by atomic mass is 16.3. The molecule has 0 aromatic carbocycles. The van der Waals surface area contributed by atoms with E-state index in [-0.39, 0.29) is 5.69 Å². The van der Waals surface area contributed by atoms with Crippen LogP contribution in [-0.4, -0.2) is 33.5 Å². The second kappa shape index (κ2) is 4.21. The zero-order chi connectivity index (χ0) is 9.68. The largest absolute Gasteiger partial charge is 0.386 e. The molecule has 0 atom stereocenters. The summed E-state index contributed by atoms with van der Waals surface area (Å²) in [6, 6.07) is 0. The average Bonchev–Trinajstić information content (AvgIpc) is 2.66. The van der Waals surface area contributed by atoms with Crippen molar-refractivity contribution in [3.05, 3.63) is 18.2 Å². The van der Waals surface area contributed by atoms with Gasteiger partial charge in [-0.25, -0.2) is 4.98 Å². The molecule has 0 aliphatic heterocycles. The minimum absolute atomic E-state index is 0.221. The highest BCUT2D eigenvalue weighted by Crippen LogP contribution is 1.87. The van der Waals surface area contributed by atoms with Gasteiger partial charge in [0, 0.05) is 0 Å². The number of rotatable bonds is 2. The maximum atomic E-state index is 11.0. The zero-order valence-corrected chi connectivity index (χ0v) is 6.57. The molecule has 0 aliphatic rings. The molecule has 7 nitrogen and oxygen atoms in total. The van der Waals surface area contributed by atoms with Crippen molar-refractivity contribution in [2.45, 2.75) is 0 Å². The van der Waals surface area contributed by atoms with Gasteiger partial charge in [0.15, 0.2) is 0 Å². The normalized spacial score (nSPS) is 9.31. The Morgan fingerprint density at radius 2 is 2.31 bits per heavy atom. The lowest BCUT2D eigenvalue weighted by Gasteiger charge is -2.02. The molecule has 0 radical (unpaired) electrons. The number of carbonyl (C=O) groups excluding carboxylic acids is 2. The maximum Gasteiger partial charge on any atom is 0.287 e. The number of hydrogen-bond donors (Lipinski definition) is 4. The van der Waals surface area contributed by atoms with Crippen molar-refractivity contribution < 1.29 is 14.7 Å². The van der Waals surface area contributed by atoms with Crippen molar-refractivity contribution in [2.24, 2.45) is 0 Å². The Hall–Kier alpha value is -1.89. The topological polar surface area (TPSA) is 107 Å². The Morgan fingerprint density at radius 3 is 2.85 bits per heavy atom. The first-order valence-electron chi connectivity index (χ1n) is 3.42. The molecule has 0 saturated carbocycles. The Morgan fingerprint density at radius 1 is 1.54 bits per heavy atom. The molecule has 70 valence electrons. The third kappa shape index (κ3) is 2.56. The fraction of sp³-hybridized carbons (Fsp3) is 0.167. The second-order valence-corrected chi connectivity index (χ2v) is 2.13. The number of nitrogens with one attached hydrogen (secondary N) is 3. The van der Waals surface area contributed by atoms with Gasteiger partial charge in [-0.2, -0.15) is 0 Å². The number of amides is 2. The van der Waals surface area contributed by atoms with Crippen LogP contribution < -0.4 is 10.9 Å². The van der Waals surface area contributed by atoms with Gasteiger partial charge in [-0.1, -0.05) is 0 Å². The number of nitrogens with zero attached hydrogens (tertiary/aromatic N) is 1. The number of hydrazine groups is 1. The first-order valence-corrected chi connectivity index (χ1v) is 3.42. The van der Waals surface area contributed by atoms with Crippen LogP contribution in [0, 0.1) is 0 Å². The van der Waals surface area contributed by atoms with Gasteiger partial charge < -0.3 is 10.1 Å². The summed E-state index contributed by atoms with van der Waals surface area (Å²) in [5, 5.41) is 8.29. The molecular weight excluding hydrogens is 176 g/mol. The Kier molecular flexibility index (Phi) is 2.98. The van der Waals surface area contributed by atoms with Gasteiger partial charge in [-0.3, -0.25) is 20.4 Å². The van der Waals surface area contributed by atoms with Crippen molar-refractivity contribution in [1.29, 1.82) is 0 Å². The molecular formula is C6H8N4O3. The standard InChI is InChI=1S/C6H8N4O3/c11-2-5(12)9-10-6(13)4-1-7-3-8-4/h1,3,11H,2H2,(H,7,8)(H,9,12)(H,10,13). The Bertz CT molecular complexity index is 295. The maximum absolute atomic E-state index is 11.0. The molecule has 7 heteroatoms. The summed E-state index contributed by atoms with van der Waals surface area (Å²) < 4.78 is 0. The molecule has 0 spiro atoms. The van der Waals surface area contributed by atoms with Crippen LogP contribution in [0.3, 0.4) is 0 Å². The number of hydrogen-bond acceptors (Lipinski definition) is 4. The van der Waals surface area contributed by atoms with E-state index >= 15 is 0 Å². The molecule has 0 saturated heterocycles. The van der Waals surface area contributed by atoms with Crippen LogP contribution in [-0.2, 0) is 4.79 Å². The molecule has 1 aromatic rings. The van der Waals surface area contributed by atoms with E-state index in [4.69, 9.17) is 5.11 Å². The Labute approximate surface area is 73.1 Å². The Balaban J connectivity index is 2.39. The van der Waals surface area contributed by atoms with Crippen molar-refractivity contribution in [3.8, 4) is 0 Å². The van der Waals surface area contributed by atoms with Crippen molar-refractivity contribution in [3.63, 3.8) is 0 Å². The number of aliphatic hydroxyl groups is 1. The molecule has 2 amide bonds. The van der Waals surface area contributed by atoms with Crippen LogP contribution in [0.4, 0.5) is 0 Å². The van der Waals surface area contributed by atoms with Crippen molar-refractivity contribution in [1.82, 2.24) is 20.8 Å². The summed E-state index contributed by atoms with van der Waals surface area (Å²) in [5.74, 6) is -1.22. The van der Waals surface area contributed by atoms with E-state index in [1.54, 1.807) is 0 Å². The fourth-order valence-electron chi connectivity index (χ4n) is 0.613. The number of carbonyl (C=O) groups is 2. The SMILES string of the molecule is O=C(CO)NNC(=O)c1cnc[nH]1. The number of aromatic nitrogens is 2. The van der Waals surface area contributed by atoms with Gasteiger partial charge in [0.2, 0.25) is 0 Å². The van der Waals surface area contributed by atoms with E-state index in [0.717, 1.165) is 0 Å². The van der Waals surface area contributed by atoms with Crippen molar-refractivity contribution in [2.75, 3.05) is 6.61 Å².